The van der Waals surface area contributed by atoms with Crippen LogP contribution in [0, 0.1) is 6.92 Å². The van der Waals surface area contributed by atoms with E-state index >= 15 is 0 Å². The van der Waals surface area contributed by atoms with Gasteiger partial charge in [0.15, 0.2) is 17.1 Å². The van der Waals surface area contributed by atoms with E-state index in [1.54, 1.807) is 43.3 Å². The normalized spacial score (nSPS) is 11.0. The minimum atomic E-state index is -0.231. The maximum Gasteiger partial charge on any atom is 0.256 e. The lowest BCUT2D eigenvalue weighted by Crippen LogP contribution is -2.12. The molecule has 28 heavy (non-hydrogen) atoms. The molecule has 3 heterocycles. The van der Waals surface area contributed by atoms with Crippen molar-refractivity contribution < 1.29 is 9.47 Å². The third kappa shape index (κ3) is 2.66. The topological polar surface area (TPSA) is 108 Å². The SMILES string of the molecule is COc1ccc(-c2cnn3c(N)c(-c4ccc[nH]c4=O)c(C)nc23)cc1OC. The highest BCUT2D eigenvalue weighted by molar-refractivity contribution is 5.84. The number of aryl methyl sites for hydroxylation is 1. The molecule has 4 aromatic rings. The van der Waals surface area contributed by atoms with Crippen LogP contribution in [-0.2, 0) is 0 Å². The van der Waals surface area contributed by atoms with Crippen LogP contribution in [-0.4, -0.2) is 33.8 Å². The summed E-state index contributed by atoms with van der Waals surface area (Å²) < 4.78 is 12.2. The average molecular weight is 377 g/mol. The molecule has 3 N–H and O–H groups in total. The van der Waals surface area contributed by atoms with Gasteiger partial charge in [0, 0.05) is 11.8 Å². The van der Waals surface area contributed by atoms with Crippen molar-refractivity contribution in [2.24, 2.45) is 0 Å². The number of nitrogen functional groups attached to an aromatic ring is 1. The molecule has 0 saturated carbocycles. The van der Waals surface area contributed by atoms with E-state index in [1.165, 1.54) is 0 Å². The molecule has 0 aliphatic carbocycles. The Kier molecular flexibility index (Phi) is 4.23. The monoisotopic (exact) mass is 377 g/mol. The first kappa shape index (κ1) is 17.6. The summed E-state index contributed by atoms with van der Waals surface area (Å²) in [7, 11) is 3.17. The number of hydrogen-bond acceptors (Lipinski definition) is 6. The lowest BCUT2D eigenvalue weighted by molar-refractivity contribution is 0.355. The summed E-state index contributed by atoms with van der Waals surface area (Å²) in [6, 6.07) is 9.05. The summed E-state index contributed by atoms with van der Waals surface area (Å²) in [4.78, 5) is 19.6. The van der Waals surface area contributed by atoms with Crippen molar-refractivity contribution in [2.75, 3.05) is 20.0 Å². The highest BCUT2D eigenvalue weighted by Crippen LogP contribution is 2.35. The number of nitrogens with one attached hydrogen (secondary N) is 1. The van der Waals surface area contributed by atoms with Gasteiger partial charge in [-0.25, -0.2) is 4.98 Å². The van der Waals surface area contributed by atoms with Crippen LogP contribution in [0.2, 0.25) is 0 Å². The number of methoxy groups -OCH3 is 2. The van der Waals surface area contributed by atoms with Crippen molar-refractivity contribution in [1.29, 1.82) is 0 Å². The molecule has 0 atom stereocenters. The number of ether oxygens (including phenoxy) is 2. The Hall–Kier alpha value is -3.81. The molecule has 0 aliphatic rings. The summed E-state index contributed by atoms with van der Waals surface area (Å²) in [5, 5.41) is 4.39. The number of rotatable bonds is 4. The van der Waals surface area contributed by atoms with Crippen LogP contribution in [0.4, 0.5) is 5.82 Å². The number of nitrogens with two attached hydrogens (primary N) is 1. The second-order valence-electron chi connectivity index (χ2n) is 6.23. The molecule has 0 saturated heterocycles. The zero-order valence-corrected chi connectivity index (χ0v) is 15.7. The molecule has 8 nitrogen and oxygen atoms in total. The maximum atomic E-state index is 12.2. The summed E-state index contributed by atoms with van der Waals surface area (Å²) >= 11 is 0. The van der Waals surface area contributed by atoms with E-state index in [2.05, 4.69) is 15.1 Å². The minimum Gasteiger partial charge on any atom is -0.493 e. The van der Waals surface area contributed by atoms with Gasteiger partial charge in [-0.15, -0.1) is 0 Å². The molecular weight excluding hydrogens is 358 g/mol. The van der Waals surface area contributed by atoms with Crippen molar-refractivity contribution >= 4 is 11.5 Å². The number of aromatic amines is 1. The van der Waals surface area contributed by atoms with E-state index in [0.717, 1.165) is 11.1 Å². The highest BCUT2D eigenvalue weighted by atomic mass is 16.5. The van der Waals surface area contributed by atoms with Crippen molar-refractivity contribution in [2.45, 2.75) is 6.92 Å². The van der Waals surface area contributed by atoms with Gasteiger partial charge in [0.2, 0.25) is 0 Å². The maximum absolute atomic E-state index is 12.2. The molecule has 0 aliphatic heterocycles. The van der Waals surface area contributed by atoms with Crippen molar-refractivity contribution in [3.63, 3.8) is 0 Å². The van der Waals surface area contributed by atoms with Crippen LogP contribution in [0.1, 0.15) is 5.69 Å². The van der Waals surface area contributed by atoms with Crippen LogP contribution in [0.15, 0.2) is 47.5 Å². The van der Waals surface area contributed by atoms with Gasteiger partial charge in [-0.2, -0.15) is 9.61 Å². The molecule has 0 fully saturated rings. The molecule has 0 spiro atoms. The highest BCUT2D eigenvalue weighted by Gasteiger charge is 2.19. The van der Waals surface area contributed by atoms with E-state index in [1.807, 2.05) is 25.1 Å². The lowest BCUT2D eigenvalue weighted by Gasteiger charge is -2.11. The Morgan fingerprint density at radius 1 is 1.11 bits per heavy atom. The molecule has 4 rings (SSSR count). The van der Waals surface area contributed by atoms with Gasteiger partial charge in [-0.3, -0.25) is 4.79 Å². The van der Waals surface area contributed by atoms with E-state index < -0.39 is 0 Å². The minimum absolute atomic E-state index is 0.231. The molecule has 3 aromatic heterocycles. The van der Waals surface area contributed by atoms with Crippen LogP contribution >= 0.6 is 0 Å². The molecule has 1 aromatic carbocycles. The van der Waals surface area contributed by atoms with Crippen molar-refractivity contribution in [3.05, 3.63) is 58.8 Å². The number of fused-ring (bicyclic) bond motifs is 1. The predicted molar refractivity (Wildman–Crippen MR) is 107 cm³/mol. The van der Waals surface area contributed by atoms with E-state index in [9.17, 15) is 4.79 Å². The van der Waals surface area contributed by atoms with Crippen molar-refractivity contribution in [3.8, 4) is 33.8 Å². The number of aromatic nitrogens is 4. The number of anilines is 1. The molecule has 8 heteroatoms. The van der Waals surface area contributed by atoms with E-state index in [0.29, 0.717) is 39.8 Å². The summed E-state index contributed by atoms with van der Waals surface area (Å²) in [5.74, 6) is 1.60. The molecular formula is C20H19N5O3. The zero-order chi connectivity index (χ0) is 19.8. The number of nitrogens with zero attached hydrogens (tertiary/aromatic N) is 3. The lowest BCUT2D eigenvalue weighted by atomic mass is 10.1. The van der Waals surface area contributed by atoms with Gasteiger partial charge < -0.3 is 20.2 Å². The molecule has 0 amide bonds. The smallest absolute Gasteiger partial charge is 0.256 e. The third-order valence-corrected chi connectivity index (χ3v) is 4.65. The summed E-state index contributed by atoms with van der Waals surface area (Å²) in [5.41, 5.74) is 10.1. The number of benzene rings is 1. The van der Waals surface area contributed by atoms with Gasteiger partial charge >= 0.3 is 0 Å². The molecule has 0 bridgehead atoms. The quantitative estimate of drug-likeness (QED) is 0.566. The molecule has 142 valence electrons. The molecule has 0 unspecified atom stereocenters. The standard InChI is InChI=1S/C20H19N5O3/c1-11-17(13-5-4-8-22-20(13)26)18(21)25-19(24-11)14(10-23-25)12-6-7-15(27-2)16(9-12)28-3/h4-10H,21H2,1-3H3,(H,22,26). The van der Waals surface area contributed by atoms with Crippen LogP contribution in [0.25, 0.3) is 27.9 Å². The van der Waals surface area contributed by atoms with Crippen LogP contribution in [0.3, 0.4) is 0 Å². The first-order valence-corrected chi connectivity index (χ1v) is 8.59. The fourth-order valence-electron chi connectivity index (χ4n) is 3.29. The molecule has 0 radical (unpaired) electrons. The van der Waals surface area contributed by atoms with Gasteiger partial charge in [0.1, 0.15) is 5.82 Å². The van der Waals surface area contributed by atoms with Crippen LogP contribution < -0.4 is 20.8 Å². The van der Waals surface area contributed by atoms with Gasteiger partial charge in [0.25, 0.3) is 5.56 Å². The van der Waals surface area contributed by atoms with Gasteiger partial charge in [-0.05, 0) is 36.8 Å². The Bertz CT molecular complexity index is 1240. The average Bonchev–Trinajstić information content (AvgIpc) is 3.12. The second-order valence-corrected chi connectivity index (χ2v) is 6.23. The Labute approximate surface area is 160 Å². The van der Waals surface area contributed by atoms with Crippen LogP contribution in [0.5, 0.6) is 11.5 Å². The zero-order valence-electron chi connectivity index (χ0n) is 15.7. The van der Waals surface area contributed by atoms with Crippen molar-refractivity contribution in [1.82, 2.24) is 19.6 Å². The third-order valence-electron chi connectivity index (χ3n) is 4.65. The summed E-state index contributed by atoms with van der Waals surface area (Å²) in [6.45, 7) is 1.82. The fraction of sp³-hybridized carbons (Fsp3) is 0.150. The van der Waals surface area contributed by atoms with Gasteiger partial charge in [0.05, 0.1) is 37.2 Å². The summed E-state index contributed by atoms with van der Waals surface area (Å²) in [6.07, 6.45) is 3.27. The number of H-pyrrole nitrogens is 1. The Balaban J connectivity index is 1.93. The first-order valence-electron chi connectivity index (χ1n) is 8.59. The van der Waals surface area contributed by atoms with E-state index in [-0.39, 0.29) is 5.56 Å². The Morgan fingerprint density at radius 2 is 1.89 bits per heavy atom. The second kappa shape index (κ2) is 6.73. The number of hydrogen-bond donors (Lipinski definition) is 2. The predicted octanol–water partition coefficient (Wildman–Crippen LogP) is 2.66. The van der Waals surface area contributed by atoms with E-state index in [4.69, 9.17) is 15.2 Å². The van der Waals surface area contributed by atoms with Gasteiger partial charge in [-0.1, -0.05) is 6.07 Å². The number of pyridine rings is 1. The largest absolute Gasteiger partial charge is 0.493 e. The Morgan fingerprint density at radius 3 is 2.61 bits per heavy atom. The first-order chi connectivity index (χ1) is 13.5. The fourth-order valence-corrected chi connectivity index (χ4v) is 3.29.